The lowest BCUT2D eigenvalue weighted by atomic mass is 10.1. The molecule has 0 spiro atoms. The third kappa shape index (κ3) is 2.34. The molecule has 1 unspecified atom stereocenters. The Hall–Kier alpha value is -1.39. The lowest BCUT2D eigenvalue weighted by Gasteiger charge is -2.23. The molecule has 1 aromatic carbocycles. The van der Waals surface area contributed by atoms with Crippen molar-refractivity contribution in [3.8, 4) is 0 Å². The van der Waals surface area contributed by atoms with Gasteiger partial charge >= 0.3 is 0 Å². The average Bonchev–Trinajstić information content (AvgIpc) is 2.30. The van der Waals surface area contributed by atoms with E-state index in [4.69, 9.17) is 10.5 Å². The maximum absolute atomic E-state index is 10.9. The van der Waals surface area contributed by atoms with Crippen LogP contribution in [0.1, 0.15) is 22.0 Å². The first-order valence-corrected chi connectivity index (χ1v) is 4.99. The first-order chi connectivity index (χ1) is 7.27. The molecule has 1 amide bonds. The van der Waals surface area contributed by atoms with Crippen molar-refractivity contribution in [3.05, 3.63) is 35.4 Å². The summed E-state index contributed by atoms with van der Waals surface area (Å²) >= 11 is 0. The molecule has 1 atom stereocenters. The summed E-state index contributed by atoms with van der Waals surface area (Å²) in [5.74, 6) is -0.399. The number of carbonyl (C=O) groups is 1. The fourth-order valence-corrected chi connectivity index (χ4v) is 1.64. The number of benzene rings is 1. The van der Waals surface area contributed by atoms with Gasteiger partial charge in [0.25, 0.3) is 0 Å². The first-order valence-electron chi connectivity index (χ1n) is 4.99. The number of hydrogen-bond donors (Lipinski definition) is 2. The third-order valence-corrected chi connectivity index (χ3v) is 2.49. The SMILES string of the molecule is NC(=O)c1ccc(C2CNCCO2)cc1. The highest BCUT2D eigenvalue weighted by molar-refractivity contribution is 5.92. The van der Waals surface area contributed by atoms with Crippen LogP contribution in [0, 0.1) is 0 Å². The fourth-order valence-electron chi connectivity index (χ4n) is 1.64. The van der Waals surface area contributed by atoms with Crippen LogP contribution in [0.5, 0.6) is 0 Å². The molecule has 4 nitrogen and oxygen atoms in total. The van der Waals surface area contributed by atoms with Crippen molar-refractivity contribution in [2.24, 2.45) is 5.73 Å². The molecule has 1 fully saturated rings. The quantitative estimate of drug-likeness (QED) is 0.738. The molecule has 1 saturated heterocycles. The summed E-state index contributed by atoms with van der Waals surface area (Å²) < 4.78 is 5.59. The minimum atomic E-state index is -0.399. The second-order valence-electron chi connectivity index (χ2n) is 3.55. The second-order valence-corrected chi connectivity index (χ2v) is 3.55. The third-order valence-electron chi connectivity index (χ3n) is 2.49. The van der Waals surface area contributed by atoms with Gasteiger partial charge in [0.1, 0.15) is 0 Å². The molecular weight excluding hydrogens is 192 g/mol. The summed E-state index contributed by atoms with van der Waals surface area (Å²) in [5, 5.41) is 3.25. The standard InChI is InChI=1S/C11H14N2O2/c12-11(14)9-3-1-8(2-4-9)10-7-13-5-6-15-10/h1-4,10,13H,5-7H2,(H2,12,14). The van der Waals surface area contributed by atoms with Crippen molar-refractivity contribution in [1.82, 2.24) is 5.32 Å². The summed E-state index contributed by atoms with van der Waals surface area (Å²) in [4.78, 5) is 10.9. The van der Waals surface area contributed by atoms with E-state index in [0.717, 1.165) is 25.3 Å². The number of primary amides is 1. The number of hydrogen-bond acceptors (Lipinski definition) is 3. The first kappa shape index (κ1) is 10.1. The van der Waals surface area contributed by atoms with Gasteiger partial charge in [0, 0.05) is 18.7 Å². The van der Waals surface area contributed by atoms with Crippen LogP contribution in [0.25, 0.3) is 0 Å². The monoisotopic (exact) mass is 206 g/mol. The zero-order chi connectivity index (χ0) is 10.7. The van der Waals surface area contributed by atoms with Gasteiger partial charge in [0.05, 0.1) is 12.7 Å². The van der Waals surface area contributed by atoms with Crippen LogP contribution in [0.15, 0.2) is 24.3 Å². The van der Waals surface area contributed by atoms with Gasteiger partial charge in [-0.25, -0.2) is 0 Å². The molecule has 2 rings (SSSR count). The zero-order valence-electron chi connectivity index (χ0n) is 8.40. The summed E-state index contributed by atoms with van der Waals surface area (Å²) in [6.07, 6.45) is 0.0840. The van der Waals surface area contributed by atoms with E-state index >= 15 is 0 Å². The van der Waals surface area contributed by atoms with Gasteiger partial charge in [0.15, 0.2) is 0 Å². The van der Waals surface area contributed by atoms with Gasteiger partial charge < -0.3 is 15.8 Å². The molecule has 0 saturated carbocycles. The summed E-state index contributed by atoms with van der Waals surface area (Å²) in [5.41, 5.74) is 6.77. The van der Waals surface area contributed by atoms with Crippen LogP contribution < -0.4 is 11.1 Å². The Morgan fingerprint density at radius 2 is 2.13 bits per heavy atom. The Labute approximate surface area is 88.4 Å². The molecule has 1 aromatic rings. The molecule has 0 radical (unpaired) electrons. The van der Waals surface area contributed by atoms with E-state index in [-0.39, 0.29) is 6.10 Å². The summed E-state index contributed by atoms with van der Waals surface area (Å²) in [7, 11) is 0. The highest BCUT2D eigenvalue weighted by atomic mass is 16.5. The van der Waals surface area contributed by atoms with Crippen LogP contribution in [-0.4, -0.2) is 25.6 Å². The van der Waals surface area contributed by atoms with E-state index < -0.39 is 5.91 Å². The zero-order valence-corrected chi connectivity index (χ0v) is 8.40. The molecule has 1 aliphatic heterocycles. The fraction of sp³-hybridized carbons (Fsp3) is 0.364. The molecule has 3 N–H and O–H groups in total. The Morgan fingerprint density at radius 1 is 1.40 bits per heavy atom. The Balaban J connectivity index is 2.11. The van der Waals surface area contributed by atoms with Crippen molar-refractivity contribution in [2.45, 2.75) is 6.10 Å². The van der Waals surface area contributed by atoms with Gasteiger partial charge in [-0.2, -0.15) is 0 Å². The molecule has 0 aliphatic carbocycles. The van der Waals surface area contributed by atoms with Crippen LogP contribution in [0.2, 0.25) is 0 Å². The Morgan fingerprint density at radius 3 is 2.67 bits per heavy atom. The number of carbonyl (C=O) groups excluding carboxylic acids is 1. The van der Waals surface area contributed by atoms with Crippen molar-refractivity contribution < 1.29 is 9.53 Å². The van der Waals surface area contributed by atoms with Crippen molar-refractivity contribution >= 4 is 5.91 Å². The summed E-state index contributed by atoms with van der Waals surface area (Å²) in [6.45, 7) is 2.44. The normalized spacial score (nSPS) is 21.2. The van der Waals surface area contributed by atoms with Gasteiger partial charge in [0.2, 0.25) is 5.91 Å². The van der Waals surface area contributed by atoms with Gasteiger partial charge in [-0.3, -0.25) is 4.79 Å². The molecule has 1 aliphatic rings. The number of ether oxygens (including phenoxy) is 1. The highest BCUT2D eigenvalue weighted by Crippen LogP contribution is 2.18. The number of nitrogens with one attached hydrogen (secondary N) is 1. The van der Waals surface area contributed by atoms with Crippen LogP contribution in [-0.2, 0) is 4.74 Å². The van der Waals surface area contributed by atoms with Crippen molar-refractivity contribution in [2.75, 3.05) is 19.7 Å². The molecule has 15 heavy (non-hydrogen) atoms. The lowest BCUT2D eigenvalue weighted by Crippen LogP contribution is -2.33. The predicted molar refractivity (Wildman–Crippen MR) is 56.5 cm³/mol. The smallest absolute Gasteiger partial charge is 0.248 e. The Bertz CT molecular complexity index is 342. The van der Waals surface area contributed by atoms with Crippen LogP contribution in [0.3, 0.4) is 0 Å². The summed E-state index contributed by atoms with van der Waals surface area (Å²) in [6, 6.07) is 7.24. The van der Waals surface area contributed by atoms with E-state index in [2.05, 4.69) is 5.32 Å². The van der Waals surface area contributed by atoms with Gasteiger partial charge in [-0.05, 0) is 17.7 Å². The van der Waals surface area contributed by atoms with Crippen LogP contribution in [0.4, 0.5) is 0 Å². The predicted octanol–water partition coefficient (Wildman–Crippen LogP) is 0.446. The van der Waals surface area contributed by atoms with Crippen molar-refractivity contribution in [3.63, 3.8) is 0 Å². The molecular formula is C11H14N2O2. The van der Waals surface area contributed by atoms with E-state index in [9.17, 15) is 4.79 Å². The largest absolute Gasteiger partial charge is 0.371 e. The van der Waals surface area contributed by atoms with E-state index in [1.807, 2.05) is 12.1 Å². The maximum atomic E-state index is 10.9. The number of amides is 1. The van der Waals surface area contributed by atoms with E-state index in [0.29, 0.717) is 5.56 Å². The van der Waals surface area contributed by atoms with Gasteiger partial charge in [-0.1, -0.05) is 12.1 Å². The minimum absolute atomic E-state index is 0.0840. The average molecular weight is 206 g/mol. The topological polar surface area (TPSA) is 64.4 Å². The number of morpholine rings is 1. The van der Waals surface area contributed by atoms with E-state index in [1.54, 1.807) is 12.1 Å². The maximum Gasteiger partial charge on any atom is 0.248 e. The molecule has 4 heteroatoms. The van der Waals surface area contributed by atoms with Crippen molar-refractivity contribution in [1.29, 1.82) is 0 Å². The van der Waals surface area contributed by atoms with Crippen LogP contribution >= 0.6 is 0 Å². The lowest BCUT2D eigenvalue weighted by molar-refractivity contribution is 0.0277. The van der Waals surface area contributed by atoms with Gasteiger partial charge in [-0.15, -0.1) is 0 Å². The number of rotatable bonds is 2. The Kier molecular flexibility index (Phi) is 2.99. The molecule has 80 valence electrons. The molecule has 0 aromatic heterocycles. The molecule has 1 heterocycles. The number of nitrogens with two attached hydrogens (primary N) is 1. The minimum Gasteiger partial charge on any atom is -0.371 e. The second kappa shape index (κ2) is 4.42. The molecule has 0 bridgehead atoms. The highest BCUT2D eigenvalue weighted by Gasteiger charge is 2.15. The van der Waals surface area contributed by atoms with E-state index in [1.165, 1.54) is 0 Å².